The highest BCUT2D eigenvalue weighted by atomic mass is 16.5. The standard InChI is InChI=1S/C32H36N8O5/c1-44-32(43)38-13-11-24(12-14-38)40-30-27(16-33-40)29(39-17-25-9-10-26(18-39)45-25)36-28(37-30)21-5-7-22(8-6-21)34-31(42)35-23-4-2-3-20(15-23)19-41/h2-8,15-16,24-26,41H,9-14,17-19H2,1H3,(H2,34,35,42). The molecule has 2 aromatic carbocycles. The summed E-state index contributed by atoms with van der Waals surface area (Å²) >= 11 is 0. The van der Waals surface area contributed by atoms with Crippen molar-refractivity contribution in [2.45, 2.75) is 50.5 Å². The Kier molecular flexibility index (Phi) is 7.94. The summed E-state index contributed by atoms with van der Waals surface area (Å²) in [6.45, 7) is 2.61. The third kappa shape index (κ3) is 6.00. The number of urea groups is 1. The highest BCUT2D eigenvalue weighted by Crippen LogP contribution is 2.35. The van der Waals surface area contributed by atoms with Crippen LogP contribution < -0.4 is 15.5 Å². The Bertz CT molecular complexity index is 1690. The number of aromatic nitrogens is 4. The molecule has 0 aliphatic carbocycles. The average Bonchev–Trinajstić information content (AvgIpc) is 3.66. The normalized spacial score (nSPS) is 20.0. The Labute approximate surface area is 260 Å². The smallest absolute Gasteiger partial charge is 0.409 e. The van der Waals surface area contributed by atoms with E-state index in [9.17, 15) is 14.7 Å². The molecule has 4 aromatic rings. The zero-order valence-corrected chi connectivity index (χ0v) is 25.1. The predicted octanol–water partition coefficient (Wildman–Crippen LogP) is 4.40. The van der Waals surface area contributed by atoms with Crippen LogP contribution in [0.3, 0.4) is 0 Å². The zero-order chi connectivity index (χ0) is 30.9. The second-order valence-electron chi connectivity index (χ2n) is 11.8. The molecule has 3 saturated heterocycles. The summed E-state index contributed by atoms with van der Waals surface area (Å²) in [7, 11) is 1.41. The van der Waals surface area contributed by atoms with Gasteiger partial charge in [0.1, 0.15) is 5.82 Å². The number of amides is 3. The van der Waals surface area contributed by atoms with Crippen LogP contribution in [0.4, 0.5) is 26.8 Å². The summed E-state index contributed by atoms with van der Waals surface area (Å²) in [6.07, 6.45) is 5.53. The van der Waals surface area contributed by atoms with E-state index in [0.717, 1.165) is 61.2 Å². The molecular weight excluding hydrogens is 576 g/mol. The van der Waals surface area contributed by atoms with Crippen LogP contribution in [0.15, 0.2) is 54.7 Å². The fourth-order valence-electron chi connectivity index (χ4n) is 6.50. The van der Waals surface area contributed by atoms with Crippen LogP contribution in [-0.4, -0.2) is 87.4 Å². The Morgan fingerprint density at radius 1 is 0.978 bits per heavy atom. The molecule has 45 heavy (non-hydrogen) atoms. The van der Waals surface area contributed by atoms with Gasteiger partial charge in [-0.25, -0.2) is 24.2 Å². The second-order valence-corrected chi connectivity index (χ2v) is 11.8. The van der Waals surface area contributed by atoms with Crippen LogP contribution in [0.25, 0.3) is 22.4 Å². The first-order valence-corrected chi connectivity index (χ1v) is 15.3. The van der Waals surface area contributed by atoms with Gasteiger partial charge >= 0.3 is 12.1 Å². The number of aliphatic hydroxyl groups excluding tert-OH is 1. The average molecular weight is 613 g/mol. The van der Waals surface area contributed by atoms with E-state index in [1.807, 2.05) is 35.1 Å². The number of likely N-dealkylation sites (tertiary alicyclic amines) is 1. The van der Waals surface area contributed by atoms with Crippen molar-refractivity contribution < 1.29 is 24.2 Å². The number of carbonyl (C=O) groups is 2. The van der Waals surface area contributed by atoms with Crippen LogP contribution in [0, 0.1) is 0 Å². The fraction of sp³-hybridized carbons (Fsp3) is 0.406. The van der Waals surface area contributed by atoms with E-state index in [4.69, 9.17) is 24.5 Å². The molecule has 3 amide bonds. The number of rotatable bonds is 6. The zero-order valence-electron chi connectivity index (χ0n) is 25.1. The summed E-state index contributed by atoms with van der Waals surface area (Å²) in [4.78, 5) is 38.8. The van der Waals surface area contributed by atoms with Crippen molar-refractivity contribution in [1.29, 1.82) is 0 Å². The van der Waals surface area contributed by atoms with E-state index in [1.165, 1.54) is 7.11 Å². The molecular formula is C32H36N8O5. The SMILES string of the molecule is COC(=O)N1CCC(n2ncc3c(N4CC5CCC(C4)O5)nc(-c4ccc(NC(=O)Nc5cccc(CO)c5)cc4)nc32)CC1. The van der Waals surface area contributed by atoms with E-state index < -0.39 is 0 Å². The minimum Gasteiger partial charge on any atom is -0.453 e. The predicted molar refractivity (Wildman–Crippen MR) is 168 cm³/mol. The van der Waals surface area contributed by atoms with E-state index in [-0.39, 0.29) is 37.0 Å². The molecule has 2 aromatic heterocycles. The summed E-state index contributed by atoms with van der Waals surface area (Å²) < 4.78 is 13.0. The van der Waals surface area contributed by atoms with Gasteiger partial charge in [-0.2, -0.15) is 5.10 Å². The number of fused-ring (bicyclic) bond motifs is 3. The molecule has 3 aliphatic heterocycles. The van der Waals surface area contributed by atoms with Crippen LogP contribution in [0.1, 0.15) is 37.3 Å². The van der Waals surface area contributed by atoms with E-state index >= 15 is 0 Å². The maximum absolute atomic E-state index is 12.6. The first-order chi connectivity index (χ1) is 22.0. The molecule has 7 rings (SSSR count). The molecule has 0 saturated carbocycles. The van der Waals surface area contributed by atoms with Gasteiger partial charge in [0.05, 0.1) is 43.5 Å². The van der Waals surface area contributed by atoms with Crippen LogP contribution in [0.2, 0.25) is 0 Å². The first kappa shape index (κ1) is 29.0. The number of ether oxygens (including phenoxy) is 2. The van der Waals surface area contributed by atoms with Gasteiger partial charge < -0.3 is 35.0 Å². The van der Waals surface area contributed by atoms with Gasteiger partial charge in [0.25, 0.3) is 0 Å². The molecule has 13 nitrogen and oxygen atoms in total. The van der Waals surface area contributed by atoms with Gasteiger partial charge in [0.15, 0.2) is 11.5 Å². The molecule has 3 fully saturated rings. The number of piperidine rings is 1. The number of benzene rings is 2. The van der Waals surface area contributed by atoms with Gasteiger partial charge in [-0.15, -0.1) is 0 Å². The minimum absolute atomic E-state index is 0.0861. The van der Waals surface area contributed by atoms with Crippen LogP contribution in [-0.2, 0) is 16.1 Å². The Hall–Kier alpha value is -4.75. The van der Waals surface area contributed by atoms with Crippen molar-refractivity contribution in [2.24, 2.45) is 0 Å². The lowest BCUT2D eigenvalue weighted by molar-refractivity contribution is 0.0303. The van der Waals surface area contributed by atoms with Gasteiger partial charge in [-0.1, -0.05) is 12.1 Å². The number of nitrogens with zero attached hydrogens (tertiary/aromatic N) is 6. The summed E-state index contributed by atoms with van der Waals surface area (Å²) in [6, 6.07) is 14.2. The number of carbonyl (C=O) groups excluding carboxylic acids is 2. The number of nitrogens with one attached hydrogen (secondary N) is 2. The van der Waals surface area contributed by atoms with Crippen molar-refractivity contribution >= 4 is 40.4 Å². The third-order valence-electron chi connectivity index (χ3n) is 8.79. The van der Waals surface area contributed by atoms with Crippen molar-refractivity contribution in [3.8, 4) is 11.4 Å². The largest absolute Gasteiger partial charge is 0.453 e. The summed E-state index contributed by atoms with van der Waals surface area (Å²) in [5.41, 5.74) is 3.49. The van der Waals surface area contributed by atoms with E-state index in [1.54, 1.807) is 29.2 Å². The first-order valence-electron chi connectivity index (χ1n) is 15.3. The molecule has 3 aliphatic rings. The Morgan fingerprint density at radius 2 is 1.71 bits per heavy atom. The summed E-state index contributed by atoms with van der Waals surface area (Å²) in [5.74, 6) is 1.42. The molecule has 5 heterocycles. The summed E-state index contributed by atoms with van der Waals surface area (Å²) in [5, 5.41) is 20.7. The maximum atomic E-state index is 12.6. The molecule has 13 heteroatoms. The highest BCUT2D eigenvalue weighted by Gasteiger charge is 2.36. The quantitative estimate of drug-likeness (QED) is 0.288. The fourth-order valence-corrected chi connectivity index (χ4v) is 6.50. The van der Waals surface area contributed by atoms with Crippen molar-refractivity contribution in [1.82, 2.24) is 24.6 Å². The molecule has 0 spiro atoms. The third-order valence-corrected chi connectivity index (χ3v) is 8.79. The molecule has 234 valence electrons. The van der Waals surface area contributed by atoms with Gasteiger partial charge in [-0.3, -0.25) is 0 Å². The molecule has 2 bridgehead atoms. The lowest BCUT2D eigenvalue weighted by Gasteiger charge is -2.33. The number of morpholine rings is 1. The topological polar surface area (TPSA) is 147 Å². The number of hydrogen-bond donors (Lipinski definition) is 3. The van der Waals surface area contributed by atoms with Crippen molar-refractivity contribution in [3.63, 3.8) is 0 Å². The number of methoxy groups -OCH3 is 1. The highest BCUT2D eigenvalue weighted by molar-refractivity contribution is 6.00. The van der Waals surface area contributed by atoms with Gasteiger partial charge in [0, 0.05) is 43.1 Å². The van der Waals surface area contributed by atoms with Gasteiger partial charge in [-0.05, 0) is 67.6 Å². The van der Waals surface area contributed by atoms with E-state index in [0.29, 0.717) is 35.9 Å². The van der Waals surface area contributed by atoms with Crippen molar-refractivity contribution in [2.75, 3.05) is 48.8 Å². The Balaban J connectivity index is 1.16. The number of aliphatic hydroxyl groups is 1. The van der Waals surface area contributed by atoms with E-state index in [2.05, 4.69) is 15.5 Å². The molecule has 3 N–H and O–H groups in total. The number of hydrogen-bond acceptors (Lipinski definition) is 9. The molecule has 2 atom stereocenters. The maximum Gasteiger partial charge on any atom is 0.409 e. The molecule has 0 radical (unpaired) electrons. The lowest BCUT2D eigenvalue weighted by Crippen LogP contribution is -2.43. The lowest BCUT2D eigenvalue weighted by atomic mass is 10.1. The minimum atomic E-state index is -0.387. The van der Waals surface area contributed by atoms with Crippen molar-refractivity contribution in [3.05, 3.63) is 60.3 Å². The second kappa shape index (κ2) is 12.3. The van der Waals surface area contributed by atoms with Gasteiger partial charge in [0.2, 0.25) is 0 Å². The molecule has 2 unspecified atom stereocenters. The monoisotopic (exact) mass is 612 g/mol. The van der Waals surface area contributed by atoms with Crippen LogP contribution in [0.5, 0.6) is 0 Å². The number of anilines is 3. The van der Waals surface area contributed by atoms with Crippen LogP contribution >= 0.6 is 0 Å². The Morgan fingerprint density at radius 3 is 2.42 bits per heavy atom.